The molecule has 0 saturated carbocycles. The number of ether oxygens (including phenoxy) is 2. The number of hydrogen-bond acceptors (Lipinski definition) is 5. The zero-order valence-corrected chi connectivity index (χ0v) is 14.0. The lowest BCUT2D eigenvalue weighted by Crippen LogP contribution is -2.46. The first kappa shape index (κ1) is 17.5. The third kappa shape index (κ3) is 4.10. The molecule has 1 fully saturated rings. The summed E-state index contributed by atoms with van der Waals surface area (Å²) in [4.78, 5) is 26.6. The zero-order valence-electron chi connectivity index (χ0n) is 14.0. The average molecular weight is 319 g/mol. The Morgan fingerprint density at radius 1 is 1.09 bits per heavy atom. The number of hydrogen-bond donors (Lipinski definition) is 0. The summed E-state index contributed by atoms with van der Waals surface area (Å²) in [5, 5.41) is 0. The standard InChI is InChI=1S/C18H25NO4/c1-4-22-17(20)15-11-13(3)16(18(21)23-5-2)19(15)12-14-9-7-6-8-10-14/h6-10,13,15-16H,4-5,11-12H2,1-3H3. The summed E-state index contributed by atoms with van der Waals surface area (Å²) in [6.07, 6.45) is 0.606. The summed E-state index contributed by atoms with van der Waals surface area (Å²) < 4.78 is 10.4. The van der Waals surface area contributed by atoms with Crippen LogP contribution in [0.5, 0.6) is 0 Å². The first-order chi connectivity index (χ1) is 11.1. The number of carbonyl (C=O) groups excluding carboxylic acids is 2. The molecule has 1 aromatic rings. The molecule has 0 bridgehead atoms. The van der Waals surface area contributed by atoms with E-state index < -0.39 is 12.1 Å². The highest BCUT2D eigenvalue weighted by Crippen LogP contribution is 2.33. The molecule has 1 heterocycles. The van der Waals surface area contributed by atoms with Crippen LogP contribution in [0, 0.1) is 5.92 Å². The maximum absolute atomic E-state index is 12.4. The molecular weight excluding hydrogens is 294 g/mol. The van der Waals surface area contributed by atoms with Gasteiger partial charge in [0.25, 0.3) is 0 Å². The van der Waals surface area contributed by atoms with Gasteiger partial charge in [0.1, 0.15) is 12.1 Å². The number of carbonyl (C=O) groups is 2. The van der Waals surface area contributed by atoms with Gasteiger partial charge in [-0.15, -0.1) is 0 Å². The smallest absolute Gasteiger partial charge is 0.323 e. The monoisotopic (exact) mass is 319 g/mol. The van der Waals surface area contributed by atoms with Crippen LogP contribution in [0.1, 0.15) is 32.8 Å². The van der Waals surface area contributed by atoms with E-state index in [1.54, 1.807) is 13.8 Å². The number of benzene rings is 1. The van der Waals surface area contributed by atoms with Crippen LogP contribution >= 0.6 is 0 Å². The molecule has 1 saturated heterocycles. The predicted molar refractivity (Wildman–Crippen MR) is 86.6 cm³/mol. The highest BCUT2D eigenvalue weighted by atomic mass is 16.5. The first-order valence-electron chi connectivity index (χ1n) is 8.21. The summed E-state index contributed by atoms with van der Waals surface area (Å²) in [7, 11) is 0. The summed E-state index contributed by atoms with van der Waals surface area (Å²) in [5.41, 5.74) is 1.06. The van der Waals surface area contributed by atoms with Crippen molar-refractivity contribution >= 4 is 11.9 Å². The van der Waals surface area contributed by atoms with E-state index in [0.717, 1.165) is 5.56 Å². The van der Waals surface area contributed by atoms with Crippen LogP contribution in [0.2, 0.25) is 0 Å². The minimum absolute atomic E-state index is 0.0483. The van der Waals surface area contributed by atoms with Gasteiger partial charge < -0.3 is 9.47 Å². The number of likely N-dealkylation sites (tertiary alicyclic amines) is 1. The van der Waals surface area contributed by atoms with Crippen LogP contribution in [0.3, 0.4) is 0 Å². The fourth-order valence-corrected chi connectivity index (χ4v) is 3.21. The Morgan fingerprint density at radius 2 is 1.70 bits per heavy atom. The minimum atomic E-state index is -0.412. The Hall–Kier alpha value is -1.88. The third-order valence-corrected chi connectivity index (χ3v) is 4.19. The van der Waals surface area contributed by atoms with Gasteiger partial charge in [-0.2, -0.15) is 0 Å². The van der Waals surface area contributed by atoms with Gasteiger partial charge in [0.05, 0.1) is 13.2 Å². The molecule has 0 spiro atoms. The van der Waals surface area contributed by atoms with Crippen molar-refractivity contribution in [3.05, 3.63) is 35.9 Å². The van der Waals surface area contributed by atoms with E-state index in [1.807, 2.05) is 42.2 Å². The summed E-state index contributed by atoms with van der Waals surface area (Å²) in [6.45, 7) is 6.78. The lowest BCUT2D eigenvalue weighted by atomic mass is 10.0. The van der Waals surface area contributed by atoms with Crippen molar-refractivity contribution in [1.29, 1.82) is 0 Å². The second kappa shape index (κ2) is 8.11. The molecule has 5 heteroatoms. The molecule has 126 valence electrons. The number of nitrogens with zero attached hydrogens (tertiary/aromatic N) is 1. The van der Waals surface area contributed by atoms with Crippen LogP contribution in [-0.2, 0) is 25.6 Å². The van der Waals surface area contributed by atoms with E-state index in [-0.39, 0.29) is 17.9 Å². The number of esters is 2. The van der Waals surface area contributed by atoms with Crippen LogP contribution in [0.15, 0.2) is 30.3 Å². The lowest BCUT2D eigenvalue weighted by molar-refractivity contribution is -0.154. The van der Waals surface area contributed by atoms with Crippen LogP contribution in [0.4, 0.5) is 0 Å². The molecular formula is C18H25NO4. The molecule has 1 aliphatic heterocycles. The molecule has 0 aliphatic carbocycles. The van der Waals surface area contributed by atoms with Crippen LogP contribution < -0.4 is 0 Å². The average Bonchev–Trinajstić information content (AvgIpc) is 2.85. The van der Waals surface area contributed by atoms with E-state index in [2.05, 4.69) is 0 Å². The lowest BCUT2D eigenvalue weighted by Gasteiger charge is -2.28. The summed E-state index contributed by atoms with van der Waals surface area (Å²) in [5.74, 6) is -0.475. The predicted octanol–water partition coefficient (Wildman–Crippen LogP) is 2.39. The first-order valence-corrected chi connectivity index (χ1v) is 8.21. The maximum Gasteiger partial charge on any atom is 0.323 e. The molecule has 0 aromatic heterocycles. The topological polar surface area (TPSA) is 55.8 Å². The Balaban J connectivity index is 2.25. The van der Waals surface area contributed by atoms with E-state index in [1.165, 1.54) is 0 Å². The van der Waals surface area contributed by atoms with Crippen molar-refractivity contribution in [3.63, 3.8) is 0 Å². The highest BCUT2D eigenvalue weighted by Gasteiger charge is 2.47. The van der Waals surface area contributed by atoms with E-state index >= 15 is 0 Å². The molecule has 5 nitrogen and oxygen atoms in total. The molecule has 23 heavy (non-hydrogen) atoms. The van der Waals surface area contributed by atoms with E-state index in [4.69, 9.17) is 9.47 Å². The highest BCUT2D eigenvalue weighted by molar-refractivity contribution is 5.81. The van der Waals surface area contributed by atoms with Gasteiger partial charge in [0.15, 0.2) is 0 Å². The Labute approximate surface area is 137 Å². The normalized spacial score (nSPS) is 24.4. The minimum Gasteiger partial charge on any atom is -0.465 e. The molecule has 1 aliphatic rings. The van der Waals surface area contributed by atoms with Crippen molar-refractivity contribution in [1.82, 2.24) is 4.90 Å². The molecule has 1 aromatic carbocycles. The van der Waals surface area contributed by atoms with Gasteiger partial charge in [-0.1, -0.05) is 37.3 Å². The Bertz CT molecular complexity index is 531. The van der Waals surface area contributed by atoms with Gasteiger partial charge >= 0.3 is 11.9 Å². The molecule has 3 atom stereocenters. The maximum atomic E-state index is 12.4. The molecule has 0 radical (unpaired) electrons. The van der Waals surface area contributed by atoms with Crippen molar-refractivity contribution in [2.75, 3.05) is 13.2 Å². The Kier molecular flexibility index (Phi) is 6.16. The van der Waals surface area contributed by atoms with Gasteiger partial charge in [0, 0.05) is 6.54 Å². The quantitative estimate of drug-likeness (QED) is 0.754. The van der Waals surface area contributed by atoms with Gasteiger partial charge in [-0.3, -0.25) is 14.5 Å². The molecule has 0 N–H and O–H groups in total. The largest absolute Gasteiger partial charge is 0.465 e. The molecule has 0 amide bonds. The van der Waals surface area contributed by atoms with Crippen LogP contribution in [-0.4, -0.2) is 42.1 Å². The third-order valence-electron chi connectivity index (χ3n) is 4.19. The summed E-state index contributed by atoms with van der Waals surface area (Å²) in [6, 6.07) is 9.02. The van der Waals surface area contributed by atoms with E-state index in [9.17, 15) is 9.59 Å². The summed E-state index contributed by atoms with van der Waals surface area (Å²) >= 11 is 0. The van der Waals surface area contributed by atoms with Crippen molar-refractivity contribution in [2.24, 2.45) is 5.92 Å². The van der Waals surface area contributed by atoms with Gasteiger partial charge in [-0.05, 0) is 31.7 Å². The fourth-order valence-electron chi connectivity index (χ4n) is 3.21. The van der Waals surface area contributed by atoms with E-state index in [0.29, 0.717) is 26.2 Å². The molecule has 3 unspecified atom stereocenters. The van der Waals surface area contributed by atoms with Crippen molar-refractivity contribution in [3.8, 4) is 0 Å². The van der Waals surface area contributed by atoms with Gasteiger partial charge in [-0.25, -0.2) is 0 Å². The second-order valence-corrected chi connectivity index (χ2v) is 5.84. The second-order valence-electron chi connectivity index (χ2n) is 5.84. The van der Waals surface area contributed by atoms with Crippen molar-refractivity contribution in [2.45, 2.75) is 45.8 Å². The fraction of sp³-hybridized carbons (Fsp3) is 0.556. The molecule has 2 rings (SSSR count). The zero-order chi connectivity index (χ0) is 16.8. The Morgan fingerprint density at radius 3 is 2.30 bits per heavy atom. The SMILES string of the molecule is CCOC(=O)C1CC(C)C(C(=O)OCC)N1Cc1ccccc1. The van der Waals surface area contributed by atoms with Crippen molar-refractivity contribution < 1.29 is 19.1 Å². The van der Waals surface area contributed by atoms with Gasteiger partial charge in [0.2, 0.25) is 0 Å². The van der Waals surface area contributed by atoms with Crippen LogP contribution in [0.25, 0.3) is 0 Å². The number of rotatable bonds is 6.